The summed E-state index contributed by atoms with van der Waals surface area (Å²) in [6.45, 7) is 3.90. The second-order valence-corrected chi connectivity index (χ2v) is 4.58. The van der Waals surface area contributed by atoms with Crippen molar-refractivity contribution in [3.8, 4) is 5.75 Å². The average Bonchev–Trinajstić information content (AvgIpc) is 2.49. The Morgan fingerprint density at radius 1 is 1.24 bits per heavy atom. The van der Waals surface area contributed by atoms with Crippen LogP contribution in [-0.4, -0.2) is 22.0 Å². The van der Waals surface area contributed by atoms with Crippen LogP contribution in [0, 0.1) is 0 Å². The Kier molecular flexibility index (Phi) is 4.68. The smallest absolute Gasteiger partial charge is 0.275 e. The van der Waals surface area contributed by atoms with Crippen molar-refractivity contribution in [2.75, 3.05) is 10.7 Å². The van der Waals surface area contributed by atoms with Gasteiger partial charge in [0.05, 0.1) is 18.5 Å². The van der Waals surface area contributed by atoms with E-state index in [2.05, 4.69) is 20.7 Å². The molecule has 21 heavy (non-hydrogen) atoms. The number of nitrogens with one attached hydrogen (secondary N) is 2. The van der Waals surface area contributed by atoms with Crippen LogP contribution in [0.15, 0.2) is 36.7 Å². The number of nitrogens with two attached hydrogens (primary N) is 1. The first kappa shape index (κ1) is 14.7. The number of hydrazine groups is 1. The summed E-state index contributed by atoms with van der Waals surface area (Å²) in [5.74, 6) is 5.94. The average molecular weight is 287 g/mol. The molecule has 0 saturated heterocycles. The van der Waals surface area contributed by atoms with E-state index in [1.54, 1.807) is 24.3 Å². The summed E-state index contributed by atoms with van der Waals surface area (Å²) in [5.41, 5.74) is 3.16. The van der Waals surface area contributed by atoms with E-state index in [0.29, 0.717) is 11.5 Å². The molecule has 0 atom stereocenters. The number of hydrogen-bond acceptors (Lipinski definition) is 6. The minimum atomic E-state index is -0.364. The largest absolute Gasteiger partial charge is 0.491 e. The van der Waals surface area contributed by atoms with Crippen LogP contribution in [0.5, 0.6) is 5.75 Å². The van der Waals surface area contributed by atoms with Crippen LogP contribution < -0.4 is 21.3 Å². The van der Waals surface area contributed by atoms with Crippen LogP contribution in [0.25, 0.3) is 0 Å². The van der Waals surface area contributed by atoms with Gasteiger partial charge in [-0.15, -0.1) is 0 Å². The highest BCUT2D eigenvalue weighted by Gasteiger charge is 2.09. The first-order valence-corrected chi connectivity index (χ1v) is 6.45. The van der Waals surface area contributed by atoms with Crippen molar-refractivity contribution in [1.82, 2.24) is 9.97 Å². The molecule has 0 bridgehead atoms. The zero-order valence-electron chi connectivity index (χ0n) is 11.8. The summed E-state index contributed by atoms with van der Waals surface area (Å²) in [7, 11) is 0. The molecular weight excluding hydrogens is 270 g/mol. The highest BCUT2D eigenvalue weighted by molar-refractivity contribution is 6.02. The molecule has 0 aliphatic rings. The summed E-state index contributed by atoms with van der Waals surface area (Å²) >= 11 is 0. The van der Waals surface area contributed by atoms with Crippen molar-refractivity contribution in [1.29, 1.82) is 0 Å². The number of rotatable bonds is 5. The predicted molar refractivity (Wildman–Crippen MR) is 80.0 cm³/mol. The lowest BCUT2D eigenvalue weighted by atomic mass is 10.3. The first-order valence-electron chi connectivity index (χ1n) is 6.45. The highest BCUT2D eigenvalue weighted by atomic mass is 16.5. The topological polar surface area (TPSA) is 102 Å². The number of nitrogen functional groups attached to an aromatic ring is 1. The van der Waals surface area contributed by atoms with E-state index < -0.39 is 0 Å². The Bertz CT molecular complexity index is 613. The quantitative estimate of drug-likeness (QED) is 0.572. The zero-order valence-corrected chi connectivity index (χ0v) is 11.8. The van der Waals surface area contributed by atoms with E-state index in [0.717, 1.165) is 5.75 Å². The van der Waals surface area contributed by atoms with Crippen LogP contribution in [0.4, 0.5) is 11.5 Å². The fraction of sp³-hybridized carbons (Fsp3) is 0.214. The minimum absolute atomic E-state index is 0.104. The zero-order chi connectivity index (χ0) is 15.2. The molecule has 1 amide bonds. The van der Waals surface area contributed by atoms with E-state index >= 15 is 0 Å². The molecule has 1 aromatic heterocycles. The number of anilines is 2. The number of ether oxygens (including phenoxy) is 1. The number of aromatic nitrogens is 2. The third-order valence-corrected chi connectivity index (χ3v) is 2.50. The molecule has 110 valence electrons. The van der Waals surface area contributed by atoms with Crippen LogP contribution in [0.3, 0.4) is 0 Å². The monoisotopic (exact) mass is 287 g/mol. The van der Waals surface area contributed by atoms with Crippen molar-refractivity contribution < 1.29 is 9.53 Å². The van der Waals surface area contributed by atoms with E-state index in [-0.39, 0.29) is 17.7 Å². The van der Waals surface area contributed by atoms with Gasteiger partial charge >= 0.3 is 0 Å². The van der Waals surface area contributed by atoms with E-state index in [4.69, 9.17) is 10.6 Å². The summed E-state index contributed by atoms with van der Waals surface area (Å²) in [6.07, 6.45) is 2.90. The molecule has 0 unspecified atom stereocenters. The molecular formula is C14H17N5O2. The Labute approximate surface area is 122 Å². The van der Waals surface area contributed by atoms with E-state index in [1.807, 2.05) is 13.8 Å². The van der Waals surface area contributed by atoms with Gasteiger partial charge in [-0.3, -0.25) is 9.78 Å². The molecule has 0 aliphatic carbocycles. The third kappa shape index (κ3) is 4.15. The molecule has 1 aromatic carbocycles. The second-order valence-electron chi connectivity index (χ2n) is 4.58. The van der Waals surface area contributed by atoms with E-state index in [1.165, 1.54) is 12.4 Å². The van der Waals surface area contributed by atoms with Gasteiger partial charge in [0.2, 0.25) is 0 Å². The fourth-order valence-electron chi connectivity index (χ4n) is 1.63. The van der Waals surface area contributed by atoms with Crippen LogP contribution in [0.2, 0.25) is 0 Å². The Morgan fingerprint density at radius 3 is 2.57 bits per heavy atom. The Morgan fingerprint density at radius 2 is 1.95 bits per heavy atom. The summed E-state index contributed by atoms with van der Waals surface area (Å²) in [6, 6.07) is 7.10. The first-order chi connectivity index (χ1) is 10.1. The van der Waals surface area contributed by atoms with Gasteiger partial charge in [0.1, 0.15) is 11.4 Å². The molecule has 0 saturated carbocycles. The SMILES string of the molecule is CC(C)Oc1ccc(NC(=O)c2cncc(NN)n2)cc1. The number of nitrogens with zero attached hydrogens (tertiary/aromatic N) is 2. The molecule has 2 aromatic rings. The summed E-state index contributed by atoms with van der Waals surface area (Å²) in [4.78, 5) is 19.9. The van der Waals surface area contributed by atoms with Gasteiger partial charge in [-0.1, -0.05) is 0 Å². The van der Waals surface area contributed by atoms with Crippen molar-refractivity contribution in [3.63, 3.8) is 0 Å². The number of carbonyl (C=O) groups excluding carboxylic acids is 1. The van der Waals surface area contributed by atoms with Gasteiger partial charge in [-0.05, 0) is 38.1 Å². The van der Waals surface area contributed by atoms with Crippen LogP contribution in [-0.2, 0) is 0 Å². The molecule has 2 rings (SSSR count). The maximum atomic E-state index is 12.0. The number of benzene rings is 1. The molecule has 7 nitrogen and oxygen atoms in total. The van der Waals surface area contributed by atoms with Crippen LogP contribution in [0.1, 0.15) is 24.3 Å². The summed E-state index contributed by atoms with van der Waals surface area (Å²) in [5, 5.41) is 2.72. The molecule has 7 heteroatoms. The lowest BCUT2D eigenvalue weighted by Crippen LogP contribution is -2.16. The Balaban J connectivity index is 2.05. The fourth-order valence-corrected chi connectivity index (χ4v) is 1.63. The number of hydrogen-bond donors (Lipinski definition) is 3. The standard InChI is InChI=1S/C14H17N5O2/c1-9(2)21-11-5-3-10(4-6-11)17-14(20)12-7-16-8-13(18-12)19-15/h3-9H,15H2,1-2H3,(H,17,20)(H,18,19). The second kappa shape index (κ2) is 6.67. The molecule has 1 heterocycles. The van der Waals surface area contributed by atoms with Crippen molar-refractivity contribution in [2.24, 2.45) is 5.84 Å². The van der Waals surface area contributed by atoms with Gasteiger partial charge < -0.3 is 15.5 Å². The van der Waals surface area contributed by atoms with Crippen molar-refractivity contribution >= 4 is 17.4 Å². The Hall–Kier alpha value is -2.67. The van der Waals surface area contributed by atoms with Gasteiger partial charge in [0.15, 0.2) is 5.82 Å². The molecule has 0 fully saturated rings. The maximum Gasteiger partial charge on any atom is 0.275 e. The van der Waals surface area contributed by atoms with Gasteiger partial charge in [0.25, 0.3) is 5.91 Å². The third-order valence-electron chi connectivity index (χ3n) is 2.50. The predicted octanol–water partition coefficient (Wildman–Crippen LogP) is 1.80. The summed E-state index contributed by atoms with van der Waals surface area (Å²) < 4.78 is 5.53. The van der Waals surface area contributed by atoms with Crippen LogP contribution >= 0.6 is 0 Å². The maximum absolute atomic E-state index is 12.0. The van der Waals surface area contributed by atoms with E-state index in [9.17, 15) is 4.79 Å². The number of amides is 1. The molecule has 0 radical (unpaired) electrons. The molecule has 4 N–H and O–H groups in total. The van der Waals surface area contributed by atoms with Gasteiger partial charge in [-0.25, -0.2) is 10.8 Å². The van der Waals surface area contributed by atoms with Crippen molar-refractivity contribution in [3.05, 3.63) is 42.4 Å². The normalized spacial score (nSPS) is 10.3. The highest BCUT2D eigenvalue weighted by Crippen LogP contribution is 2.17. The lowest BCUT2D eigenvalue weighted by molar-refractivity contribution is 0.102. The molecule has 0 aliphatic heterocycles. The molecule has 0 spiro atoms. The number of carbonyl (C=O) groups is 1. The van der Waals surface area contributed by atoms with Gasteiger partial charge in [-0.2, -0.15) is 0 Å². The van der Waals surface area contributed by atoms with Gasteiger partial charge in [0, 0.05) is 5.69 Å². The minimum Gasteiger partial charge on any atom is -0.491 e. The van der Waals surface area contributed by atoms with Crippen molar-refractivity contribution in [2.45, 2.75) is 20.0 Å². The lowest BCUT2D eigenvalue weighted by Gasteiger charge is -2.10.